The summed E-state index contributed by atoms with van der Waals surface area (Å²) in [5, 5.41) is 3.19. The van der Waals surface area contributed by atoms with Crippen molar-refractivity contribution >= 4 is 11.8 Å². The van der Waals surface area contributed by atoms with Crippen LogP contribution in [0.4, 0.5) is 0 Å². The van der Waals surface area contributed by atoms with E-state index in [1.165, 1.54) is 38.5 Å². The van der Waals surface area contributed by atoms with Gasteiger partial charge >= 0.3 is 0 Å². The van der Waals surface area contributed by atoms with Crippen molar-refractivity contribution < 1.29 is 9.59 Å². The molecule has 2 aromatic rings. The summed E-state index contributed by atoms with van der Waals surface area (Å²) in [6, 6.07) is 11.8. The van der Waals surface area contributed by atoms with E-state index >= 15 is 0 Å². The smallest absolute Gasteiger partial charge is 0.251 e. The third kappa shape index (κ3) is 4.22. The molecule has 0 atom stereocenters. The normalized spacial score (nSPS) is 31.0. The summed E-state index contributed by atoms with van der Waals surface area (Å²) in [6.45, 7) is 1.53. The fraction of sp³-hybridized carbons (Fsp3) is 0.571. The molecule has 1 saturated heterocycles. The van der Waals surface area contributed by atoms with Crippen molar-refractivity contribution in [2.45, 2.75) is 63.8 Å². The summed E-state index contributed by atoms with van der Waals surface area (Å²) in [7, 11) is 0. The predicted octanol–water partition coefficient (Wildman–Crippen LogP) is 4.80. The first-order valence-electron chi connectivity index (χ1n) is 12.9. The molecule has 1 N–H and O–H groups in total. The van der Waals surface area contributed by atoms with Crippen LogP contribution in [-0.4, -0.2) is 40.4 Å². The lowest BCUT2D eigenvalue weighted by Crippen LogP contribution is -2.50. The molecule has 0 spiro atoms. The highest BCUT2D eigenvalue weighted by Crippen LogP contribution is 2.61. The van der Waals surface area contributed by atoms with Gasteiger partial charge in [-0.3, -0.25) is 9.59 Å². The summed E-state index contributed by atoms with van der Waals surface area (Å²) >= 11 is 0. The third-order valence-electron chi connectivity index (χ3n) is 8.91. The van der Waals surface area contributed by atoms with Gasteiger partial charge in [-0.15, -0.1) is 0 Å². The first-order valence-corrected chi connectivity index (χ1v) is 12.9. The van der Waals surface area contributed by atoms with Crippen LogP contribution in [0.15, 0.2) is 48.8 Å². The Morgan fingerprint density at radius 3 is 2.03 bits per heavy atom. The predicted molar refractivity (Wildman–Crippen MR) is 128 cm³/mol. The van der Waals surface area contributed by atoms with Gasteiger partial charge in [-0.1, -0.05) is 0 Å². The summed E-state index contributed by atoms with van der Waals surface area (Å²) in [5.74, 6) is 3.02. The van der Waals surface area contributed by atoms with Gasteiger partial charge in [0.05, 0.1) is 0 Å². The Bertz CT molecular complexity index is 967. The second-order valence-corrected chi connectivity index (χ2v) is 11.4. The van der Waals surface area contributed by atoms with E-state index in [4.69, 9.17) is 0 Å². The van der Waals surface area contributed by atoms with Crippen LogP contribution in [0.3, 0.4) is 0 Å². The molecule has 5 heteroatoms. The second kappa shape index (κ2) is 8.34. The molecule has 33 heavy (non-hydrogen) atoms. The number of amides is 2. The summed E-state index contributed by atoms with van der Waals surface area (Å²) in [5.41, 5.74) is 2.04. The Kier molecular flexibility index (Phi) is 5.31. The zero-order valence-electron chi connectivity index (χ0n) is 19.4. The zero-order valence-corrected chi connectivity index (χ0v) is 19.4. The topological polar surface area (TPSA) is 54.3 Å². The van der Waals surface area contributed by atoms with Gasteiger partial charge in [-0.05, 0) is 111 Å². The van der Waals surface area contributed by atoms with E-state index in [2.05, 4.69) is 10.2 Å². The minimum atomic E-state index is -0.0209. The van der Waals surface area contributed by atoms with Crippen LogP contribution in [0.2, 0.25) is 0 Å². The van der Waals surface area contributed by atoms with E-state index in [1.54, 1.807) is 0 Å². The number of nitrogens with one attached hydrogen (secondary N) is 1. The van der Waals surface area contributed by atoms with E-state index < -0.39 is 0 Å². The molecule has 0 radical (unpaired) electrons. The van der Waals surface area contributed by atoms with Gasteiger partial charge in [0.25, 0.3) is 5.91 Å². The van der Waals surface area contributed by atoms with E-state index in [9.17, 15) is 9.59 Å². The first kappa shape index (κ1) is 21.0. The number of carbonyl (C=O) groups is 2. The minimum Gasteiger partial charge on any atom is -0.349 e. The van der Waals surface area contributed by atoms with E-state index in [0.717, 1.165) is 55.8 Å². The quantitative estimate of drug-likeness (QED) is 0.718. The van der Waals surface area contributed by atoms with Crippen LogP contribution < -0.4 is 5.32 Å². The van der Waals surface area contributed by atoms with E-state index in [1.807, 2.05) is 53.4 Å². The molecule has 4 saturated carbocycles. The molecule has 2 heterocycles. The van der Waals surface area contributed by atoms with Crippen LogP contribution in [0.25, 0.3) is 5.69 Å². The van der Waals surface area contributed by atoms with Gasteiger partial charge in [0, 0.05) is 49.2 Å². The number of hydrogen-bond acceptors (Lipinski definition) is 2. The van der Waals surface area contributed by atoms with Gasteiger partial charge in [-0.25, -0.2) is 0 Å². The lowest BCUT2D eigenvalue weighted by Gasteiger charge is -2.57. The van der Waals surface area contributed by atoms with Crippen molar-refractivity contribution in [3.63, 3.8) is 0 Å². The molecule has 0 unspecified atom stereocenters. The van der Waals surface area contributed by atoms with Crippen molar-refractivity contribution in [2.24, 2.45) is 23.2 Å². The Labute approximate surface area is 196 Å². The van der Waals surface area contributed by atoms with Gasteiger partial charge < -0.3 is 14.8 Å². The molecule has 7 rings (SSSR count). The highest BCUT2D eigenvalue weighted by Gasteiger charge is 2.51. The number of hydrogen-bond donors (Lipinski definition) is 1. The van der Waals surface area contributed by atoms with Crippen molar-refractivity contribution in [3.05, 3.63) is 54.4 Å². The number of benzene rings is 1. The molecule has 1 aromatic heterocycles. The zero-order chi connectivity index (χ0) is 22.4. The molecule has 5 aliphatic rings. The minimum absolute atomic E-state index is 0.0209. The molecular formula is C28H35N3O2. The average molecular weight is 446 g/mol. The maximum atomic E-state index is 13.2. The Morgan fingerprint density at radius 1 is 0.879 bits per heavy atom. The molecule has 1 aromatic carbocycles. The SMILES string of the molecule is O=C(NC1CCN(C(=O)CC23CC4CC(CC(C4)C2)C3)CC1)c1ccc(-n2cccc2)cc1. The maximum Gasteiger partial charge on any atom is 0.251 e. The van der Waals surface area contributed by atoms with Crippen LogP contribution in [-0.2, 0) is 4.79 Å². The molecular weight excluding hydrogens is 410 g/mol. The monoisotopic (exact) mass is 445 g/mol. The van der Waals surface area contributed by atoms with Crippen LogP contribution in [0.1, 0.15) is 68.1 Å². The van der Waals surface area contributed by atoms with E-state index in [-0.39, 0.29) is 11.9 Å². The molecule has 4 bridgehead atoms. The summed E-state index contributed by atoms with van der Waals surface area (Å²) < 4.78 is 2.03. The number of piperidine rings is 1. The first-order chi connectivity index (χ1) is 16.1. The fourth-order valence-electron chi connectivity index (χ4n) is 7.77. The maximum absolute atomic E-state index is 13.2. The molecule has 1 aliphatic heterocycles. The van der Waals surface area contributed by atoms with Crippen molar-refractivity contribution in [2.75, 3.05) is 13.1 Å². The van der Waals surface area contributed by atoms with Gasteiger partial charge in [0.15, 0.2) is 0 Å². The number of rotatable bonds is 5. The average Bonchev–Trinajstić information content (AvgIpc) is 3.33. The standard InChI is InChI=1S/C28H35N3O2/c32-26(19-28-16-20-13-21(17-28)15-22(14-20)18-28)31-11-7-24(8-12-31)29-27(33)23-3-5-25(6-4-23)30-9-1-2-10-30/h1-6,9-10,20-22,24H,7-8,11-19H2,(H,29,33). The largest absolute Gasteiger partial charge is 0.349 e. The highest BCUT2D eigenvalue weighted by atomic mass is 16.2. The van der Waals surface area contributed by atoms with E-state index in [0.29, 0.717) is 16.9 Å². The Hall–Kier alpha value is -2.56. The third-order valence-corrected chi connectivity index (χ3v) is 8.91. The fourth-order valence-corrected chi connectivity index (χ4v) is 7.77. The molecule has 2 amide bonds. The lowest BCUT2D eigenvalue weighted by molar-refractivity contribution is -0.140. The van der Waals surface area contributed by atoms with Crippen molar-refractivity contribution in [1.29, 1.82) is 0 Å². The van der Waals surface area contributed by atoms with Crippen molar-refractivity contribution in [1.82, 2.24) is 14.8 Å². The van der Waals surface area contributed by atoms with Gasteiger partial charge in [0.2, 0.25) is 5.91 Å². The number of carbonyl (C=O) groups excluding carboxylic acids is 2. The molecule has 174 valence electrons. The molecule has 5 fully saturated rings. The summed E-state index contributed by atoms with van der Waals surface area (Å²) in [6.07, 6.45) is 14.6. The number of nitrogens with zero attached hydrogens (tertiary/aromatic N) is 2. The van der Waals surface area contributed by atoms with Gasteiger partial charge in [0.1, 0.15) is 0 Å². The molecule has 4 aliphatic carbocycles. The highest BCUT2D eigenvalue weighted by molar-refractivity contribution is 5.94. The second-order valence-electron chi connectivity index (χ2n) is 11.4. The number of aromatic nitrogens is 1. The Morgan fingerprint density at radius 2 is 1.45 bits per heavy atom. The lowest BCUT2D eigenvalue weighted by atomic mass is 9.49. The van der Waals surface area contributed by atoms with Crippen LogP contribution >= 0.6 is 0 Å². The van der Waals surface area contributed by atoms with Crippen molar-refractivity contribution in [3.8, 4) is 5.69 Å². The van der Waals surface area contributed by atoms with Crippen LogP contribution in [0.5, 0.6) is 0 Å². The Balaban J connectivity index is 1.00. The summed E-state index contributed by atoms with van der Waals surface area (Å²) in [4.78, 5) is 28.0. The van der Waals surface area contributed by atoms with Crippen LogP contribution in [0, 0.1) is 23.2 Å². The van der Waals surface area contributed by atoms with Gasteiger partial charge in [-0.2, -0.15) is 0 Å². The molecule has 5 nitrogen and oxygen atoms in total. The number of likely N-dealkylation sites (tertiary alicyclic amines) is 1.